The molecule has 0 aromatic heterocycles. The van der Waals surface area contributed by atoms with Crippen LogP contribution < -0.4 is 5.73 Å². The van der Waals surface area contributed by atoms with Crippen molar-refractivity contribution in [2.24, 2.45) is 23.5 Å². The van der Waals surface area contributed by atoms with E-state index in [1.807, 2.05) is 13.8 Å². The molecule has 1 saturated carbocycles. The van der Waals surface area contributed by atoms with Gasteiger partial charge in [0.15, 0.2) is 11.4 Å². The third-order valence-electron chi connectivity index (χ3n) is 8.36. The fraction of sp³-hybridized carbons (Fsp3) is 0.536. The van der Waals surface area contributed by atoms with E-state index in [0.717, 1.165) is 19.3 Å². The molecule has 0 aliphatic heterocycles. The van der Waals surface area contributed by atoms with Gasteiger partial charge >= 0.3 is 0 Å². The number of phenolic OH excluding ortho intramolecular Hbond substituents is 1. The molecule has 7 N–H and O–H groups in total. The largest absolute Gasteiger partial charge is 0.508 e. The van der Waals surface area contributed by atoms with Crippen LogP contribution in [0, 0.1) is 17.8 Å². The molecule has 3 aliphatic carbocycles. The third kappa shape index (κ3) is 3.95. The number of aliphatic hydroxyl groups excluding tert-OH is 3. The first-order valence-electron chi connectivity index (χ1n) is 12.6. The topological polar surface area (TPSA) is 178 Å². The Morgan fingerprint density at radius 1 is 1.16 bits per heavy atom. The molecule has 0 heterocycles. The zero-order valence-electron chi connectivity index (χ0n) is 21.5. The van der Waals surface area contributed by atoms with Gasteiger partial charge in [-0.25, -0.2) is 0 Å². The van der Waals surface area contributed by atoms with Gasteiger partial charge in [0.2, 0.25) is 5.78 Å². The van der Waals surface area contributed by atoms with E-state index in [1.54, 1.807) is 12.1 Å². The van der Waals surface area contributed by atoms with Crippen LogP contribution in [0.25, 0.3) is 5.76 Å². The number of carbonyl (C=O) groups excluding carboxylic acids is 3. The number of ketones is 2. The molecule has 37 heavy (non-hydrogen) atoms. The molecule has 4 atom stereocenters. The average molecular weight is 514 g/mol. The number of fused-ring (bicyclic) bond motifs is 3. The molecule has 0 bridgehead atoms. The highest BCUT2D eigenvalue weighted by Gasteiger charge is 2.64. The van der Waals surface area contributed by atoms with Crippen molar-refractivity contribution in [3.8, 4) is 5.75 Å². The number of aromatic hydroxyl groups is 1. The van der Waals surface area contributed by atoms with Crippen LogP contribution in [0.2, 0.25) is 0 Å². The van der Waals surface area contributed by atoms with Gasteiger partial charge in [0.05, 0.1) is 11.7 Å². The van der Waals surface area contributed by atoms with Gasteiger partial charge in [-0.2, -0.15) is 0 Å². The van der Waals surface area contributed by atoms with Gasteiger partial charge in [0, 0.05) is 29.4 Å². The minimum atomic E-state index is -2.82. The molecule has 1 amide bonds. The van der Waals surface area contributed by atoms with Crippen molar-refractivity contribution in [1.29, 1.82) is 0 Å². The lowest BCUT2D eigenvalue weighted by Gasteiger charge is -2.48. The summed E-state index contributed by atoms with van der Waals surface area (Å²) in [6, 6.07) is 3.53. The Balaban J connectivity index is 1.84. The Bertz CT molecular complexity index is 1260. The number of carbonyl (C=O) groups is 3. The molecule has 0 saturated heterocycles. The van der Waals surface area contributed by atoms with Gasteiger partial charge in [0.25, 0.3) is 5.91 Å². The number of hydrogen-bond donors (Lipinski definition) is 6. The molecule has 200 valence electrons. The van der Waals surface area contributed by atoms with Gasteiger partial charge in [-0.15, -0.1) is 0 Å². The van der Waals surface area contributed by atoms with E-state index in [9.17, 15) is 39.9 Å². The first-order valence-corrected chi connectivity index (χ1v) is 12.6. The highest BCUT2D eigenvalue weighted by molar-refractivity contribution is 6.22. The molecule has 9 nitrogen and oxygen atoms in total. The molecule has 3 aliphatic rings. The maximum atomic E-state index is 13.6. The Hall–Kier alpha value is -3.17. The number of benzene rings is 1. The van der Waals surface area contributed by atoms with Crippen LogP contribution in [-0.4, -0.2) is 54.7 Å². The monoisotopic (exact) mass is 513 g/mol. The number of rotatable bonds is 6. The minimum absolute atomic E-state index is 0.0359. The molecular formula is C28H35NO8. The molecule has 0 radical (unpaired) electrons. The quantitative estimate of drug-likeness (QED) is 0.314. The summed E-state index contributed by atoms with van der Waals surface area (Å²) in [7, 11) is 0. The summed E-state index contributed by atoms with van der Waals surface area (Å²) < 4.78 is 0. The zero-order chi connectivity index (χ0) is 27.6. The molecule has 0 unspecified atom stereocenters. The molecule has 1 fully saturated rings. The van der Waals surface area contributed by atoms with Gasteiger partial charge in [-0.3, -0.25) is 14.4 Å². The highest BCUT2D eigenvalue weighted by Crippen LogP contribution is 2.53. The maximum Gasteiger partial charge on any atom is 0.255 e. The summed E-state index contributed by atoms with van der Waals surface area (Å²) in [4.78, 5) is 37.9. The number of nitrogens with two attached hydrogens (primary N) is 1. The minimum Gasteiger partial charge on any atom is -0.508 e. The summed E-state index contributed by atoms with van der Waals surface area (Å²) in [5.41, 5.74) is 1.79. The Morgan fingerprint density at radius 2 is 1.81 bits per heavy atom. The fourth-order valence-corrected chi connectivity index (χ4v) is 6.25. The molecule has 1 aromatic rings. The standard InChI is InChI=1S/C28H35NO8/c1-12(2)6-5-9-27(3,4)15-8-7-13-10-14-19(23(33)18(13)22(15)32)24(34)28(37)16(21(14)31)11-17(30)20(25(28)35)26(29)36/h7-8,12,14,16,21,31-33,35,37H,5-6,9-11H2,1-4H3,(H2,29,36)/t14-,16-,21+,28+/m1/s1. The first kappa shape index (κ1) is 26.9. The number of Topliss-reactive ketones (excluding diaryl/α,β-unsaturated/α-hetero) is 2. The second-order valence-corrected chi connectivity index (χ2v) is 11.6. The van der Waals surface area contributed by atoms with Crippen molar-refractivity contribution >= 4 is 23.2 Å². The van der Waals surface area contributed by atoms with Crippen LogP contribution in [0.5, 0.6) is 5.75 Å². The number of aliphatic hydroxyl groups is 4. The van der Waals surface area contributed by atoms with Gasteiger partial charge in [-0.1, -0.05) is 52.7 Å². The van der Waals surface area contributed by atoms with E-state index in [4.69, 9.17) is 5.73 Å². The van der Waals surface area contributed by atoms with Crippen LogP contribution in [0.1, 0.15) is 70.1 Å². The normalized spacial score (nSPS) is 27.8. The Kier molecular flexibility index (Phi) is 6.53. The summed E-state index contributed by atoms with van der Waals surface area (Å²) >= 11 is 0. The van der Waals surface area contributed by atoms with E-state index in [2.05, 4.69) is 13.8 Å². The number of amides is 1. The Labute approximate surface area is 215 Å². The average Bonchev–Trinajstić information content (AvgIpc) is 2.78. The van der Waals surface area contributed by atoms with Crippen LogP contribution in [0.4, 0.5) is 0 Å². The van der Waals surface area contributed by atoms with Crippen molar-refractivity contribution in [3.05, 3.63) is 45.7 Å². The Morgan fingerprint density at radius 3 is 2.41 bits per heavy atom. The predicted octanol–water partition coefficient (Wildman–Crippen LogP) is 2.50. The molecule has 4 rings (SSSR count). The van der Waals surface area contributed by atoms with Crippen molar-refractivity contribution in [2.75, 3.05) is 0 Å². The van der Waals surface area contributed by atoms with E-state index in [0.29, 0.717) is 17.0 Å². The van der Waals surface area contributed by atoms with Gasteiger partial charge in [-0.05, 0) is 29.7 Å². The van der Waals surface area contributed by atoms with Crippen LogP contribution >= 0.6 is 0 Å². The smallest absolute Gasteiger partial charge is 0.255 e. The second-order valence-electron chi connectivity index (χ2n) is 11.6. The summed E-state index contributed by atoms with van der Waals surface area (Å²) in [5, 5.41) is 55.8. The maximum absolute atomic E-state index is 13.6. The van der Waals surface area contributed by atoms with Crippen LogP contribution in [0.15, 0.2) is 29.0 Å². The number of primary amides is 1. The van der Waals surface area contributed by atoms with E-state index >= 15 is 0 Å². The van der Waals surface area contributed by atoms with E-state index < -0.39 is 69.9 Å². The second kappa shape index (κ2) is 8.99. The molecule has 1 aromatic carbocycles. The highest BCUT2D eigenvalue weighted by atomic mass is 16.4. The lowest BCUT2D eigenvalue weighted by molar-refractivity contribution is -0.159. The van der Waals surface area contributed by atoms with Crippen molar-refractivity contribution in [3.63, 3.8) is 0 Å². The van der Waals surface area contributed by atoms with Crippen molar-refractivity contribution in [1.82, 2.24) is 0 Å². The third-order valence-corrected chi connectivity index (χ3v) is 8.36. The first-order chi connectivity index (χ1) is 17.1. The summed E-state index contributed by atoms with van der Waals surface area (Å²) in [6.45, 7) is 8.25. The molecular weight excluding hydrogens is 478 g/mol. The van der Waals surface area contributed by atoms with Crippen molar-refractivity contribution < 1.29 is 39.9 Å². The van der Waals surface area contributed by atoms with E-state index in [1.165, 1.54) is 0 Å². The number of phenols is 1. The molecule has 0 spiro atoms. The summed E-state index contributed by atoms with van der Waals surface area (Å²) in [5.74, 6) is -7.26. The van der Waals surface area contributed by atoms with Crippen LogP contribution in [-0.2, 0) is 26.2 Å². The lowest BCUT2D eigenvalue weighted by Crippen LogP contribution is -2.63. The lowest BCUT2D eigenvalue weighted by atomic mass is 9.57. The van der Waals surface area contributed by atoms with Gasteiger partial charge in [0.1, 0.15) is 22.8 Å². The fourth-order valence-electron chi connectivity index (χ4n) is 6.25. The van der Waals surface area contributed by atoms with Crippen molar-refractivity contribution in [2.45, 2.75) is 76.9 Å². The van der Waals surface area contributed by atoms with Gasteiger partial charge < -0.3 is 31.3 Å². The predicted molar refractivity (Wildman–Crippen MR) is 134 cm³/mol. The SMILES string of the molecule is CC(C)CCCC(C)(C)c1ccc2c(c1O)C(O)=C1C(=O)[C@]3(O)C(O)=C(C(N)=O)C(=O)C[C@@H]3[C@@H](O)[C@@H]1C2. The van der Waals surface area contributed by atoms with Crippen LogP contribution in [0.3, 0.4) is 0 Å². The van der Waals surface area contributed by atoms with E-state index in [-0.39, 0.29) is 23.3 Å². The summed E-state index contributed by atoms with van der Waals surface area (Å²) in [6.07, 6.45) is 0.684. The molecule has 9 heteroatoms. The number of hydrogen-bond acceptors (Lipinski definition) is 8. The zero-order valence-corrected chi connectivity index (χ0v) is 21.5.